The molecule has 0 aliphatic rings. The number of carbonyl (C=O) groups excluding carboxylic acids is 1. The predicted molar refractivity (Wildman–Crippen MR) is 77.3 cm³/mol. The first-order chi connectivity index (χ1) is 10.2. The van der Waals surface area contributed by atoms with Crippen LogP contribution in [0, 0.1) is 0 Å². The van der Waals surface area contributed by atoms with E-state index < -0.39 is 5.97 Å². The highest BCUT2D eigenvalue weighted by molar-refractivity contribution is 6.02. The molecule has 0 N–H and O–H groups in total. The molecular weight excluding hydrogens is 270 g/mol. The molecule has 3 aromatic rings. The minimum absolute atomic E-state index is 0.385. The third-order valence-electron chi connectivity index (χ3n) is 3.26. The molecular formula is C16H13NO4. The minimum atomic E-state index is -0.448. The van der Waals surface area contributed by atoms with Crippen LogP contribution in [0.2, 0.25) is 0 Å². The third kappa shape index (κ3) is 2.23. The van der Waals surface area contributed by atoms with E-state index in [1.54, 1.807) is 25.3 Å². The van der Waals surface area contributed by atoms with Gasteiger partial charge in [0.1, 0.15) is 11.4 Å². The molecule has 0 atom stereocenters. The summed E-state index contributed by atoms with van der Waals surface area (Å²) in [6, 6.07) is 12.7. The molecule has 5 nitrogen and oxygen atoms in total. The van der Waals surface area contributed by atoms with E-state index in [2.05, 4.69) is 5.16 Å². The van der Waals surface area contributed by atoms with Gasteiger partial charge >= 0.3 is 5.97 Å². The van der Waals surface area contributed by atoms with Gasteiger partial charge in [-0.1, -0.05) is 17.3 Å². The van der Waals surface area contributed by atoms with E-state index in [-0.39, 0.29) is 0 Å². The van der Waals surface area contributed by atoms with Crippen LogP contribution in [0.3, 0.4) is 0 Å². The van der Waals surface area contributed by atoms with Gasteiger partial charge in [0.25, 0.3) is 0 Å². The fourth-order valence-electron chi connectivity index (χ4n) is 2.22. The number of aromatic nitrogens is 1. The first-order valence-corrected chi connectivity index (χ1v) is 6.35. The molecule has 0 amide bonds. The summed E-state index contributed by atoms with van der Waals surface area (Å²) in [4.78, 5) is 12.0. The highest BCUT2D eigenvalue weighted by atomic mass is 16.5. The average molecular weight is 283 g/mol. The Hall–Kier alpha value is -2.82. The Morgan fingerprint density at radius 3 is 2.71 bits per heavy atom. The molecule has 0 spiro atoms. The van der Waals surface area contributed by atoms with E-state index in [4.69, 9.17) is 14.0 Å². The van der Waals surface area contributed by atoms with E-state index in [1.165, 1.54) is 7.11 Å². The Morgan fingerprint density at radius 2 is 1.95 bits per heavy atom. The number of esters is 1. The maximum Gasteiger partial charge on any atom is 0.338 e. The maximum atomic E-state index is 12.0. The number of hydrogen-bond acceptors (Lipinski definition) is 5. The minimum Gasteiger partial charge on any atom is -0.497 e. The summed E-state index contributed by atoms with van der Waals surface area (Å²) in [5, 5.41) is 4.92. The Kier molecular flexibility index (Phi) is 3.31. The second-order valence-corrected chi connectivity index (χ2v) is 4.43. The van der Waals surface area contributed by atoms with E-state index >= 15 is 0 Å². The zero-order valence-electron chi connectivity index (χ0n) is 11.6. The van der Waals surface area contributed by atoms with Crippen LogP contribution in [-0.2, 0) is 4.74 Å². The lowest BCUT2D eigenvalue weighted by atomic mass is 10.0. The van der Waals surface area contributed by atoms with Crippen LogP contribution in [-0.4, -0.2) is 25.3 Å². The van der Waals surface area contributed by atoms with Crippen molar-refractivity contribution in [3.05, 3.63) is 48.0 Å². The lowest BCUT2D eigenvalue weighted by Crippen LogP contribution is -2.04. The van der Waals surface area contributed by atoms with Gasteiger partial charge in [0.05, 0.1) is 19.8 Å². The van der Waals surface area contributed by atoms with E-state index in [9.17, 15) is 4.79 Å². The van der Waals surface area contributed by atoms with Gasteiger partial charge in [-0.05, 0) is 30.3 Å². The average Bonchev–Trinajstić information content (AvgIpc) is 2.97. The molecule has 21 heavy (non-hydrogen) atoms. The summed E-state index contributed by atoms with van der Waals surface area (Å²) in [6.07, 6.45) is 0. The molecule has 0 aliphatic heterocycles. The van der Waals surface area contributed by atoms with Gasteiger partial charge in [-0.15, -0.1) is 0 Å². The number of hydrogen-bond donors (Lipinski definition) is 0. The van der Waals surface area contributed by atoms with E-state index in [0.717, 1.165) is 5.39 Å². The van der Waals surface area contributed by atoms with Gasteiger partial charge in [-0.3, -0.25) is 0 Å². The summed E-state index contributed by atoms with van der Waals surface area (Å²) in [6.45, 7) is 0. The normalized spacial score (nSPS) is 10.6. The Morgan fingerprint density at radius 1 is 1.14 bits per heavy atom. The van der Waals surface area contributed by atoms with Crippen LogP contribution >= 0.6 is 0 Å². The van der Waals surface area contributed by atoms with Gasteiger partial charge in [0.15, 0.2) is 5.58 Å². The number of methoxy groups -OCH3 is 2. The Bertz CT molecular complexity index is 807. The van der Waals surface area contributed by atoms with Crippen molar-refractivity contribution >= 4 is 16.9 Å². The van der Waals surface area contributed by atoms with Crippen LogP contribution in [0.1, 0.15) is 10.4 Å². The summed E-state index contributed by atoms with van der Waals surface area (Å²) < 4.78 is 15.3. The number of rotatable bonds is 3. The largest absolute Gasteiger partial charge is 0.497 e. The van der Waals surface area contributed by atoms with Gasteiger partial charge in [-0.2, -0.15) is 0 Å². The second kappa shape index (κ2) is 5.28. The molecule has 0 radical (unpaired) electrons. The molecule has 1 heterocycles. The summed E-state index contributed by atoms with van der Waals surface area (Å²) in [5.74, 6) is 0.128. The zero-order chi connectivity index (χ0) is 14.8. The first kappa shape index (κ1) is 13.2. The van der Waals surface area contributed by atoms with Crippen molar-refractivity contribution in [2.75, 3.05) is 14.2 Å². The monoisotopic (exact) mass is 283 g/mol. The number of nitrogens with zero attached hydrogens (tertiary/aromatic N) is 1. The number of benzene rings is 2. The number of ether oxygens (including phenoxy) is 2. The highest BCUT2D eigenvalue weighted by Crippen LogP contribution is 2.32. The van der Waals surface area contributed by atoms with Crippen LogP contribution < -0.4 is 4.74 Å². The smallest absolute Gasteiger partial charge is 0.338 e. The lowest BCUT2D eigenvalue weighted by Gasteiger charge is -2.08. The van der Waals surface area contributed by atoms with Crippen molar-refractivity contribution < 1.29 is 18.8 Å². The molecule has 3 rings (SSSR count). The zero-order valence-corrected chi connectivity index (χ0v) is 11.6. The van der Waals surface area contributed by atoms with Gasteiger partial charge in [-0.25, -0.2) is 4.79 Å². The number of carbonyl (C=O) groups is 1. The fraction of sp³-hybridized carbons (Fsp3) is 0.125. The van der Waals surface area contributed by atoms with Crippen molar-refractivity contribution in [3.63, 3.8) is 0 Å². The van der Waals surface area contributed by atoms with E-state index in [0.29, 0.717) is 28.2 Å². The topological polar surface area (TPSA) is 61.6 Å². The summed E-state index contributed by atoms with van der Waals surface area (Å²) >= 11 is 0. The highest BCUT2D eigenvalue weighted by Gasteiger charge is 2.19. The van der Waals surface area contributed by atoms with Crippen molar-refractivity contribution in [3.8, 4) is 17.0 Å². The molecule has 0 saturated heterocycles. The first-order valence-electron chi connectivity index (χ1n) is 6.35. The van der Waals surface area contributed by atoms with Crippen LogP contribution in [0.4, 0.5) is 0 Å². The number of para-hydroxylation sites is 1. The van der Waals surface area contributed by atoms with Crippen LogP contribution in [0.5, 0.6) is 5.75 Å². The molecule has 106 valence electrons. The Labute approximate surface area is 121 Å². The molecule has 0 fully saturated rings. The SMILES string of the molecule is COC(=O)c1cc(OC)ccc1-c1noc2ccccc12. The maximum absolute atomic E-state index is 12.0. The fourth-order valence-corrected chi connectivity index (χ4v) is 2.22. The second-order valence-electron chi connectivity index (χ2n) is 4.43. The quantitative estimate of drug-likeness (QED) is 0.690. The molecule has 0 bridgehead atoms. The van der Waals surface area contributed by atoms with Crippen molar-refractivity contribution in [1.82, 2.24) is 5.16 Å². The molecule has 5 heteroatoms. The molecule has 1 aromatic heterocycles. The lowest BCUT2D eigenvalue weighted by molar-refractivity contribution is 0.0601. The number of fused-ring (bicyclic) bond motifs is 1. The third-order valence-corrected chi connectivity index (χ3v) is 3.26. The van der Waals surface area contributed by atoms with Gasteiger partial charge < -0.3 is 14.0 Å². The predicted octanol–water partition coefficient (Wildman–Crippen LogP) is 3.29. The Balaban J connectivity index is 2.24. The molecule has 0 saturated carbocycles. The van der Waals surface area contributed by atoms with Crippen molar-refractivity contribution in [1.29, 1.82) is 0 Å². The van der Waals surface area contributed by atoms with Crippen LogP contribution in [0.15, 0.2) is 47.0 Å². The van der Waals surface area contributed by atoms with Crippen molar-refractivity contribution in [2.45, 2.75) is 0 Å². The standard InChI is InChI=1S/C16H13NO4/c1-19-10-7-8-11(13(9-10)16(18)20-2)15-12-5-3-4-6-14(12)21-17-15/h3-9H,1-2H3. The molecule has 0 aliphatic carbocycles. The van der Waals surface area contributed by atoms with Gasteiger partial charge in [0, 0.05) is 10.9 Å². The summed E-state index contributed by atoms with van der Waals surface area (Å²) in [7, 11) is 2.88. The molecule has 0 unspecified atom stereocenters. The van der Waals surface area contributed by atoms with Crippen LogP contribution in [0.25, 0.3) is 22.2 Å². The van der Waals surface area contributed by atoms with Crippen molar-refractivity contribution in [2.24, 2.45) is 0 Å². The molecule has 2 aromatic carbocycles. The summed E-state index contributed by atoms with van der Waals surface area (Å²) in [5.41, 5.74) is 2.30. The van der Waals surface area contributed by atoms with Gasteiger partial charge in [0.2, 0.25) is 0 Å². The van der Waals surface area contributed by atoms with E-state index in [1.807, 2.05) is 24.3 Å².